The number of nitrogens with zero attached hydrogens (tertiary/aromatic N) is 3. The van der Waals surface area contributed by atoms with Crippen LogP contribution in [0.25, 0.3) is 10.2 Å². The molecule has 2 aromatic heterocycles. The summed E-state index contributed by atoms with van der Waals surface area (Å²) in [5.41, 5.74) is 10.00. The van der Waals surface area contributed by atoms with Gasteiger partial charge in [0, 0.05) is 31.6 Å². The smallest absolute Gasteiger partial charge is 0.266 e. The van der Waals surface area contributed by atoms with Crippen LogP contribution in [0.2, 0.25) is 0 Å². The first kappa shape index (κ1) is 16.4. The van der Waals surface area contributed by atoms with Crippen LogP contribution < -0.4 is 10.6 Å². The third kappa shape index (κ3) is 2.49. The van der Waals surface area contributed by atoms with Gasteiger partial charge in [0.25, 0.3) is 5.91 Å². The number of nitrogen functional groups attached to an aromatic ring is 1. The number of carbonyl (C=O) groups excluding carboxylic acids is 1. The molecule has 3 aliphatic rings. The second-order valence-corrected chi connectivity index (χ2v) is 8.82. The van der Waals surface area contributed by atoms with Crippen LogP contribution in [0.3, 0.4) is 0 Å². The fraction of sp³-hybridized carbons (Fsp3) is 0.600. The standard InChI is InChI=1S/C20H26N4OS/c21-16-15-13-7-1-2-8-14(13)18(23-9-3-4-10-23)22-19(15)26-17(16)20(25)24-11-5-6-12-24/h1-12,21H2. The van der Waals surface area contributed by atoms with E-state index < -0.39 is 0 Å². The maximum Gasteiger partial charge on any atom is 0.266 e. The Balaban J connectivity index is 1.66. The molecular weight excluding hydrogens is 344 g/mol. The van der Waals surface area contributed by atoms with Crippen LogP contribution in [0.5, 0.6) is 0 Å². The molecule has 0 saturated carbocycles. The fourth-order valence-corrected chi connectivity index (χ4v) is 5.90. The number of thiophene rings is 1. The molecule has 0 atom stereocenters. The van der Waals surface area contributed by atoms with E-state index in [4.69, 9.17) is 10.7 Å². The molecule has 1 aliphatic carbocycles. The molecule has 0 radical (unpaired) electrons. The van der Waals surface area contributed by atoms with Crippen molar-refractivity contribution in [2.45, 2.75) is 51.4 Å². The van der Waals surface area contributed by atoms with E-state index in [1.165, 1.54) is 54.0 Å². The first-order valence-corrected chi connectivity index (χ1v) is 10.8. The Bertz CT molecular complexity index is 863. The van der Waals surface area contributed by atoms with Crippen LogP contribution in [0, 0.1) is 0 Å². The molecule has 5 rings (SSSR count). The van der Waals surface area contributed by atoms with E-state index in [0.717, 1.165) is 62.1 Å². The number of pyridine rings is 1. The van der Waals surface area contributed by atoms with Crippen molar-refractivity contribution in [3.05, 3.63) is 16.0 Å². The molecule has 4 heterocycles. The lowest BCUT2D eigenvalue weighted by Gasteiger charge is -2.25. The quantitative estimate of drug-likeness (QED) is 0.877. The number of nitrogens with two attached hydrogens (primary N) is 1. The lowest BCUT2D eigenvalue weighted by atomic mass is 9.89. The number of anilines is 2. The van der Waals surface area contributed by atoms with Gasteiger partial charge in [0.15, 0.2) is 0 Å². The minimum atomic E-state index is 0.107. The van der Waals surface area contributed by atoms with Crippen molar-refractivity contribution in [3.63, 3.8) is 0 Å². The Morgan fingerprint density at radius 1 is 0.923 bits per heavy atom. The molecule has 0 spiro atoms. The number of amides is 1. The van der Waals surface area contributed by atoms with E-state index in [2.05, 4.69) is 4.90 Å². The Hall–Kier alpha value is -1.82. The molecule has 2 aliphatic heterocycles. The molecule has 0 bridgehead atoms. The summed E-state index contributed by atoms with van der Waals surface area (Å²) in [6.07, 6.45) is 9.29. The van der Waals surface area contributed by atoms with Gasteiger partial charge in [0.1, 0.15) is 15.5 Å². The molecule has 138 valence electrons. The number of carbonyl (C=O) groups is 1. The highest BCUT2D eigenvalue weighted by Gasteiger charge is 2.29. The van der Waals surface area contributed by atoms with Crippen molar-refractivity contribution >= 4 is 39.0 Å². The molecule has 1 amide bonds. The summed E-state index contributed by atoms with van der Waals surface area (Å²) < 4.78 is 0. The van der Waals surface area contributed by atoms with Gasteiger partial charge in [-0.25, -0.2) is 4.98 Å². The third-order valence-corrected chi connectivity index (χ3v) is 7.25. The predicted octanol–water partition coefficient (Wildman–Crippen LogP) is 3.59. The monoisotopic (exact) mass is 370 g/mol. The zero-order valence-corrected chi connectivity index (χ0v) is 16.0. The van der Waals surface area contributed by atoms with Crippen LogP contribution in [-0.2, 0) is 12.8 Å². The van der Waals surface area contributed by atoms with Crippen molar-refractivity contribution in [3.8, 4) is 0 Å². The largest absolute Gasteiger partial charge is 0.397 e. The first-order chi connectivity index (χ1) is 12.7. The summed E-state index contributed by atoms with van der Waals surface area (Å²) in [6.45, 7) is 3.92. The summed E-state index contributed by atoms with van der Waals surface area (Å²) >= 11 is 1.51. The van der Waals surface area contributed by atoms with Gasteiger partial charge in [-0.1, -0.05) is 0 Å². The molecule has 2 saturated heterocycles. The molecule has 26 heavy (non-hydrogen) atoms. The normalized spacial score (nSPS) is 20.2. The number of hydrogen-bond donors (Lipinski definition) is 1. The second-order valence-electron chi connectivity index (χ2n) is 7.82. The van der Waals surface area contributed by atoms with Gasteiger partial charge in [0.05, 0.1) is 5.69 Å². The predicted molar refractivity (Wildman–Crippen MR) is 107 cm³/mol. The highest BCUT2D eigenvalue weighted by molar-refractivity contribution is 7.21. The van der Waals surface area contributed by atoms with Crippen molar-refractivity contribution in [1.82, 2.24) is 9.88 Å². The molecule has 6 heteroatoms. The average Bonchev–Trinajstić information content (AvgIpc) is 3.42. The molecule has 2 fully saturated rings. The average molecular weight is 371 g/mol. The summed E-state index contributed by atoms with van der Waals surface area (Å²) in [5, 5.41) is 1.08. The van der Waals surface area contributed by atoms with Gasteiger partial charge in [0.2, 0.25) is 0 Å². The van der Waals surface area contributed by atoms with Gasteiger partial charge < -0.3 is 15.5 Å². The number of rotatable bonds is 2. The maximum atomic E-state index is 13.0. The SMILES string of the molecule is Nc1c(C(=O)N2CCCC2)sc2nc(N3CCCC3)c3c(c12)CCCC3. The summed E-state index contributed by atoms with van der Waals surface area (Å²) in [5.74, 6) is 1.28. The molecule has 0 unspecified atom stereocenters. The Morgan fingerprint density at radius 3 is 2.31 bits per heavy atom. The Morgan fingerprint density at radius 2 is 1.58 bits per heavy atom. The van der Waals surface area contributed by atoms with Crippen LogP contribution in [0.15, 0.2) is 0 Å². The first-order valence-electron chi connectivity index (χ1n) is 10.0. The third-order valence-electron chi connectivity index (χ3n) is 6.17. The Kier molecular flexibility index (Phi) is 4.03. The van der Waals surface area contributed by atoms with E-state index >= 15 is 0 Å². The van der Waals surface area contributed by atoms with E-state index in [-0.39, 0.29) is 5.91 Å². The Labute approximate surface area is 158 Å². The molecule has 5 nitrogen and oxygen atoms in total. The van der Waals surface area contributed by atoms with Crippen LogP contribution in [0.1, 0.15) is 59.3 Å². The minimum absolute atomic E-state index is 0.107. The highest BCUT2D eigenvalue weighted by Crippen LogP contribution is 2.43. The van der Waals surface area contributed by atoms with Crippen molar-refractivity contribution in [2.75, 3.05) is 36.8 Å². The molecule has 2 N–H and O–H groups in total. The van der Waals surface area contributed by atoms with Crippen LogP contribution in [0.4, 0.5) is 11.5 Å². The molecule has 0 aromatic carbocycles. The fourth-order valence-electron chi connectivity index (χ4n) is 4.81. The number of aromatic nitrogens is 1. The van der Waals surface area contributed by atoms with Crippen LogP contribution >= 0.6 is 11.3 Å². The number of aryl methyl sites for hydroxylation is 1. The summed E-state index contributed by atoms with van der Waals surface area (Å²) in [4.78, 5) is 24.1. The van der Waals surface area contributed by atoms with Gasteiger partial charge in [-0.15, -0.1) is 11.3 Å². The van der Waals surface area contributed by atoms with Gasteiger partial charge >= 0.3 is 0 Å². The lowest BCUT2D eigenvalue weighted by Crippen LogP contribution is -2.27. The van der Waals surface area contributed by atoms with E-state index in [0.29, 0.717) is 10.6 Å². The summed E-state index contributed by atoms with van der Waals surface area (Å²) in [6, 6.07) is 0. The van der Waals surface area contributed by atoms with Gasteiger partial charge in [-0.3, -0.25) is 4.79 Å². The number of hydrogen-bond acceptors (Lipinski definition) is 5. The van der Waals surface area contributed by atoms with Crippen molar-refractivity contribution in [2.24, 2.45) is 0 Å². The molecule has 2 aromatic rings. The number of fused-ring (bicyclic) bond motifs is 3. The van der Waals surface area contributed by atoms with E-state index in [9.17, 15) is 4.79 Å². The zero-order valence-electron chi connectivity index (χ0n) is 15.2. The van der Waals surface area contributed by atoms with Crippen molar-refractivity contribution in [1.29, 1.82) is 0 Å². The summed E-state index contributed by atoms with van der Waals surface area (Å²) in [7, 11) is 0. The number of likely N-dealkylation sites (tertiary alicyclic amines) is 1. The van der Waals surface area contributed by atoms with Crippen molar-refractivity contribution < 1.29 is 4.79 Å². The zero-order chi connectivity index (χ0) is 17.7. The maximum absolute atomic E-state index is 13.0. The topological polar surface area (TPSA) is 62.5 Å². The minimum Gasteiger partial charge on any atom is -0.397 e. The van der Waals surface area contributed by atoms with Gasteiger partial charge in [-0.05, 0) is 62.5 Å². The lowest BCUT2D eigenvalue weighted by molar-refractivity contribution is 0.0798. The van der Waals surface area contributed by atoms with Gasteiger partial charge in [-0.2, -0.15) is 0 Å². The molecular formula is C20H26N4OS. The van der Waals surface area contributed by atoms with Crippen LogP contribution in [-0.4, -0.2) is 42.0 Å². The highest BCUT2D eigenvalue weighted by atomic mass is 32.1. The second kappa shape index (κ2) is 6.41. The van der Waals surface area contributed by atoms with E-state index in [1.807, 2.05) is 4.90 Å². The van der Waals surface area contributed by atoms with E-state index in [1.54, 1.807) is 0 Å².